The van der Waals surface area contributed by atoms with Crippen molar-refractivity contribution in [3.05, 3.63) is 30.3 Å². The summed E-state index contributed by atoms with van der Waals surface area (Å²) in [5, 5.41) is 0. The maximum absolute atomic E-state index is 10.9. The zero-order valence-corrected chi connectivity index (χ0v) is 8.64. The van der Waals surface area contributed by atoms with Gasteiger partial charge in [-0.2, -0.15) is 0 Å². The van der Waals surface area contributed by atoms with Crippen molar-refractivity contribution in [3.8, 4) is 0 Å². The zero-order chi connectivity index (χ0) is 9.68. The van der Waals surface area contributed by atoms with E-state index in [9.17, 15) is 4.79 Å². The number of hydrogen-bond donors (Lipinski definition) is 0. The van der Waals surface area contributed by atoms with Gasteiger partial charge in [0.2, 0.25) is 0 Å². The lowest BCUT2D eigenvalue weighted by atomic mass is 10.4. The van der Waals surface area contributed by atoms with Crippen LogP contribution in [0, 0.1) is 0 Å². The third kappa shape index (κ3) is 3.28. The fourth-order valence-corrected chi connectivity index (χ4v) is 1.90. The second-order valence-electron chi connectivity index (χ2n) is 2.27. The molecule has 0 saturated heterocycles. The van der Waals surface area contributed by atoms with Gasteiger partial charge >= 0.3 is 5.97 Å². The molecular weight excluding hydrogens is 208 g/mol. The molecule has 0 saturated carbocycles. The van der Waals surface area contributed by atoms with Gasteiger partial charge in [-0.1, -0.05) is 41.6 Å². The molecule has 0 amide bonds. The quantitative estimate of drug-likeness (QED) is 0.441. The number of halogens is 1. The molecule has 0 aliphatic carbocycles. The largest absolute Gasteiger partial charge is 0.467 e. The highest BCUT2D eigenvalue weighted by atomic mass is 35.5. The third-order valence-corrected chi connectivity index (χ3v) is 2.76. The lowest BCUT2D eigenvalue weighted by Crippen LogP contribution is -2.11. The molecule has 0 N–H and O–H groups in total. The van der Waals surface area contributed by atoms with Gasteiger partial charge in [-0.15, -0.1) is 0 Å². The van der Waals surface area contributed by atoms with E-state index in [2.05, 4.69) is 4.74 Å². The molecule has 0 radical (unpaired) electrons. The molecule has 0 aliphatic heterocycles. The molecule has 0 aliphatic rings. The molecule has 13 heavy (non-hydrogen) atoms. The first kappa shape index (κ1) is 10.4. The summed E-state index contributed by atoms with van der Waals surface area (Å²) in [6.07, 6.45) is 0. The summed E-state index contributed by atoms with van der Waals surface area (Å²) in [6.45, 7) is 0. The van der Waals surface area contributed by atoms with Crippen LogP contribution in [0.3, 0.4) is 0 Å². The molecule has 1 rings (SSSR count). The molecule has 2 nitrogen and oxygen atoms in total. The molecule has 0 fully saturated rings. The van der Waals surface area contributed by atoms with E-state index in [1.165, 1.54) is 18.9 Å². The van der Waals surface area contributed by atoms with Crippen LogP contribution in [0.15, 0.2) is 35.2 Å². The molecule has 0 aromatic heterocycles. The van der Waals surface area contributed by atoms with Gasteiger partial charge in [0.05, 0.1) is 7.11 Å². The topological polar surface area (TPSA) is 26.3 Å². The van der Waals surface area contributed by atoms with Crippen LogP contribution in [0.2, 0.25) is 0 Å². The molecule has 0 spiro atoms. The Kier molecular flexibility index (Phi) is 4.12. The van der Waals surface area contributed by atoms with Gasteiger partial charge in [-0.05, 0) is 12.1 Å². The number of ether oxygens (including phenoxy) is 1. The van der Waals surface area contributed by atoms with Gasteiger partial charge < -0.3 is 4.74 Å². The molecule has 1 unspecified atom stereocenters. The molecule has 1 aromatic rings. The first-order valence-corrected chi connectivity index (χ1v) is 4.99. The van der Waals surface area contributed by atoms with Crippen molar-refractivity contribution in [3.63, 3.8) is 0 Å². The highest BCUT2D eigenvalue weighted by molar-refractivity contribution is 8.01. The number of hydrogen-bond acceptors (Lipinski definition) is 3. The Labute approximate surface area is 86.2 Å². The van der Waals surface area contributed by atoms with E-state index in [1.807, 2.05) is 30.3 Å². The summed E-state index contributed by atoms with van der Waals surface area (Å²) in [5.41, 5.74) is 0. The van der Waals surface area contributed by atoms with Crippen LogP contribution >= 0.6 is 23.4 Å². The Balaban J connectivity index is 2.55. The van der Waals surface area contributed by atoms with Crippen LogP contribution in [0.25, 0.3) is 0 Å². The number of benzene rings is 1. The lowest BCUT2D eigenvalue weighted by molar-refractivity contribution is -0.138. The summed E-state index contributed by atoms with van der Waals surface area (Å²) in [7, 11) is 1.32. The number of carbonyl (C=O) groups is 1. The van der Waals surface area contributed by atoms with Crippen molar-refractivity contribution < 1.29 is 9.53 Å². The normalized spacial score (nSPS) is 12.2. The smallest absolute Gasteiger partial charge is 0.334 e. The predicted octanol–water partition coefficient (Wildman–Crippen LogP) is 2.52. The monoisotopic (exact) mass is 216 g/mol. The van der Waals surface area contributed by atoms with E-state index < -0.39 is 10.7 Å². The van der Waals surface area contributed by atoms with Crippen LogP contribution in [0.5, 0.6) is 0 Å². The van der Waals surface area contributed by atoms with Gasteiger partial charge in [-0.25, -0.2) is 4.79 Å². The van der Waals surface area contributed by atoms with Crippen LogP contribution < -0.4 is 0 Å². The number of thioether (sulfide) groups is 1. The average Bonchev–Trinajstić information content (AvgIpc) is 2.18. The Morgan fingerprint density at radius 1 is 1.46 bits per heavy atom. The van der Waals surface area contributed by atoms with Crippen molar-refractivity contribution in [1.29, 1.82) is 0 Å². The van der Waals surface area contributed by atoms with E-state index in [1.54, 1.807) is 0 Å². The van der Waals surface area contributed by atoms with Crippen molar-refractivity contribution >= 4 is 29.3 Å². The maximum Gasteiger partial charge on any atom is 0.334 e. The van der Waals surface area contributed by atoms with Crippen LogP contribution in [0.4, 0.5) is 0 Å². The van der Waals surface area contributed by atoms with Crippen molar-refractivity contribution in [1.82, 2.24) is 0 Å². The van der Waals surface area contributed by atoms with E-state index in [0.717, 1.165) is 4.90 Å². The second kappa shape index (κ2) is 5.14. The predicted molar refractivity (Wildman–Crippen MR) is 54.0 cm³/mol. The van der Waals surface area contributed by atoms with Gasteiger partial charge in [0, 0.05) is 4.90 Å². The van der Waals surface area contributed by atoms with Crippen LogP contribution in [-0.4, -0.2) is 17.8 Å². The summed E-state index contributed by atoms with van der Waals surface area (Å²) in [5.74, 6) is -0.421. The molecule has 0 bridgehead atoms. The minimum atomic E-state index is -0.674. The van der Waals surface area contributed by atoms with Gasteiger partial charge in [0.25, 0.3) is 0 Å². The zero-order valence-electron chi connectivity index (χ0n) is 7.07. The molecule has 4 heteroatoms. The van der Waals surface area contributed by atoms with Crippen LogP contribution in [-0.2, 0) is 9.53 Å². The van der Waals surface area contributed by atoms with Crippen molar-refractivity contribution in [2.45, 2.75) is 9.60 Å². The molecule has 1 atom stereocenters. The third-order valence-electron chi connectivity index (χ3n) is 1.37. The summed E-state index contributed by atoms with van der Waals surface area (Å²) >= 11 is 7.02. The fraction of sp³-hybridized carbons (Fsp3) is 0.222. The Hall–Kier alpha value is -0.670. The average molecular weight is 217 g/mol. The molecule has 1 aromatic carbocycles. The van der Waals surface area contributed by atoms with E-state index in [4.69, 9.17) is 11.6 Å². The van der Waals surface area contributed by atoms with Gasteiger partial charge in [-0.3, -0.25) is 0 Å². The number of rotatable bonds is 3. The first-order chi connectivity index (χ1) is 6.24. The minimum Gasteiger partial charge on any atom is -0.467 e. The van der Waals surface area contributed by atoms with Crippen molar-refractivity contribution in [2.24, 2.45) is 0 Å². The first-order valence-electron chi connectivity index (χ1n) is 3.67. The molecule has 70 valence electrons. The lowest BCUT2D eigenvalue weighted by Gasteiger charge is -2.05. The van der Waals surface area contributed by atoms with Crippen LogP contribution in [0.1, 0.15) is 0 Å². The number of alkyl halides is 1. The second-order valence-corrected chi connectivity index (χ2v) is 4.14. The maximum atomic E-state index is 10.9. The SMILES string of the molecule is COC(=O)C(Cl)Sc1ccccc1. The molecule has 0 heterocycles. The van der Waals surface area contributed by atoms with E-state index in [-0.39, 0.29) is 0 Å². The Morgan fingerprint density at radius 3 is 2.62 bits per heavy atom. The summed E-state index contributed by atoms with van der Waals surface area (Å²) < 4.78 is 3.82. The highest BCUT2D eigenvalue weighted by Gasteiger charge is 2.16. The minimum absolute atomic E-state index is 0.421. The number of esters is 1. The Morgan fingerprint density at radius 2 is 2.08 bits per heavy atom. The molecular formula is C9H9ClO2S. The van der Waals surface area contributed by atoms with E-state index in [0.29, 0.717) is 0 Å². The van der Waals surface area contributed by atoms with E-state index >= 15 is 0 Å². The van der Waals surface area contributed by atoms with Gasteiger partial charge in [0.1, 0.15) is 0 Å². The summed E-state index contributed by atoms with van der Waals surface area (Å²) in [4.78, 5) is 11.9. The number of carbonyl (C=O) groups excluding carboxylic acids is 1. The Bertz CT molecular complexity index is 276. The standard InChI is InChI=1S/C9H9ClO2S/c1-12-9(11)8(10)13-7-5-3-2-4-6-7/h2-6,8H,1H3. The van der Waals surface area contributed by atoms with Crippen molar-refractivity contribution in [2.75, 3.05) is 7.11 Å². The fourth-order valence-electron chi connectivity index (χ4n) is 0.759. The summed E-state index contributed by atoms with van der Waals surface area (Å²) in [6, 6.07) is 9.48. The number of methoxy groups -OCH3 is 1. The highest BCUT2D eigenvalue weighted by Crippen LogP contribution is 2.26. The van der Waals surface area contributed by atoms with Gasteiger partial charge in [0.15, 0.2) is 4.71 Å².